The second kappa shape index (κ2) is 6.57. The average Bonchev–Trinajstić information content (AvgIpc) is 2.74. The third-order valence-electron chi connectivity index (χ3n) is 5.16. The van der Waals surface area contributed by atoms with E-state index in [-0.39, 0.29) is 17.6 Å². The van der Waals surface area contributed by atoms with Gasteiger partial charge in [-0.15, -0.1) is 0 Å². The Morgan fingerprint density at radius 2 is 1.91 bits per heavy atom. The number of piperidine rings is 1. The van der Waals surface area contributed by atoms with Crippen LogP contribution in [-0.2, 0) is 14.6 Å². The van der Waals surface area contributed by atoms with Crippen LogP contribution >= 0.6 is 0 Å². The minimum atomic E-state index is -2.98. The average molecular weight is 348 g/mol. The molecule has 2 rings (SSSR count). The molecule has 0 spiro atoms. The second-order valence-electron chi connectivity index (χ2n) is 7.11. The summed E-state index contributed by atoms with van der Waals surface area (Å²) >= 11 is 0. The van der Waals surface area contributed by atoms with Crippen molar-refractivity contribution in [3.63, 3.8) is 0 Å². The Morgan fingerprint density at radius 3 is 2.39 bits per heavy atom. The zero-order valence-corrected chi connectivity index (χ0v) is 15.1. The van der Waals surface area contributed by atoms with Gasteiger partial charge < -0.3 is 14.7 Å². The third-order valence-corrected chi connectivity index (χ3v) is 7.04. The van der Waals surface area contributed by atoms with Crippen LogP contribution in [0, 0.1) is 0 Å². The molecule has 0 bridgehead atoms. The van der Waals surface area contributed by atoms with Gasteiger partial charge in [-0.3, -0.25) is 4.90 Å². The first kappa shape index (κ1) is 18.5. The molecule has 1 N–H and O–H groups in total. The quantitative estimate of drug-likeness (QED) is 0.795. The SMILES string of the molecule is CCOC(=O)N1CCC(O)(CN(C)C2(C)CCS(=O)(=O)C2)CC1. The van der Waals surface area contributed by atoms with Crippen molar-refractivity contribution in [1.82, 2.24) is 9.80 Å². The molecular formula is C15H28N2O5S. The van der Waals surface area contributed by atoms with Gasteiger partial charge in [-0.25, -0.2) is 13.2 Å². The van der Waals surface area contributed by atoms with Crippen LogP contribution in [0.4, 0.5) is 4.79 Å². The van der Waals surface area contributed by atoms with E-state index in [0.717, 1.165) is 0 Å². The van der Waals surface area contributed by atoms with E-state index in [4.69, 9.17) is 4.74 Å². The molecular weight excluding hydrogens is 320 g/mol. The van der Waals surface area contributed by atoms with Crippen molar-refractivity contribution in [2.24, 2.45) is 0 Å². The van der Waals surface area contributed by atoms with Gasteiger partial charge in [0.15, 0.2) is 9.84 Å². The number of β-amino-alcohol motifs (C(OH)–C–C–N with tert-alkyl or cyclic N) is 1. The maximum absolute atomic E-state index is 11.8. The van der Waals surface area contributed by atoms with Crippen molar-refractivity contribution >= 4 is 15.9 Å². The third kappa shape index (κ3) is 4.36. The number of rotatable bonds is 4. The highest BCUT2D eigenvalue weighted by Crippen LogP contribution is 2.32. The van der Waals surface area contributed by atoms with Gasteiger partial charge in [0.1, 0.15) is 0 Å². The molecule has 2 fully saturated rings. The Morgan fingerprint density at radius 1 is 1.30 bits per heavy atom. The highest BCUT2D eigenvalue weighted by atomic mass is 32.2. The molecule has 23 heavy (non-hydrogen) atoms. The van der Waals surface area contributed by atoms with E-state index < -0.39 is 21.0 Å². The van der Waals surface area contributed by atoms with E-state index in [2.05, 4.69) is 0 Å². The standard InChI is InChI=1S/C15H28N2O5S/c1-4-22-13(18)17-8-5-15(19,6-9-17)11-16(3)14(2)7-10-23(20,21)12-14/h19H,4-12H2,1-3H3. The summed E-state index contributed by atoms with van der Waals surface area (Å²) in [5.74, 6) is 0.352. The lowest BCUT2D eigenvalue weighted by molar-refractivity contribution is -0.0541. The number of ether oxygens (including phenoxy) is 1. The molecule has 1 atom stereocenters. The number of hydrogen-bond donors (Lipinski definition) is 1. The smallest absolute Gasteiger partial charge is 0.409 e. The molecule has 0 aromatic rings. The van der Waals surface area contributed by atoms with E-state index in [1.165, 1.54) is 0 Å². The molecule has 8 heteroatoms. The number of carbonyl (C=O) groups is 1. The van der Waals surface area contributed by atoms with Gasteiger partial charge in [0, 0.05) is 25.2 Å². The second-order valence-corrected chi connectivity index (χ2v) is 9.29. The molecule has 1 amide bonds. The zero-order chi connectivity index (χ0) is 17.3. The highest BCUT2D eigenvalue weighted by molar-refractivity contribution is 7.91. The zero-order valence-electron chi connectivity index (χ0n) is 14.2. The molecule has 7 nitrogen and oxygen atoms in total. The Labute approximate surface area is 138 Å². The lowest BCUT2D eigenvalue weighted by atomic mass is 9.89. The molecule has 0 saturated carbocycles. The number of aliphatic hydroxyl groups is 1. The van der Waals surface area contributed by atoms with Gasteiger partial charge in [-0.05, 0) is 40.2 Å². The van der Waals surface area contributed by atoms with Crippen LogP contribution in [-0.4, -0.2) is 85.4 Å². The Kier molecular flexibility index (Phi) is 5.27. The van der Waals surface area contributed by atoms with Crippen molar-refractivity contribution in [3.05, 3.63) is 0 Å². The molecule has 0 aromatic carbocycles. The summed E-state index contributed by atoms with van der Waals surface area (Å²) in [5, 5.41) is 10.8. The van der Waals surface area contributed by atoms with Crippen LogP contribution < -0.4 is 0 Å². The number of amides is 1. The van der Waals surface area contributed by atoms with Crippen LogP contribution in [0.1, 0.15) is 33.1 Å². The predicted octanol–water partition coefficient (Wildman–Crippen LogP) is 0.479. The van der Waals surface area contributed by atoms with Crippen LogP contribution in [0.3, 0.4) is 0 Å². The van der Waals surface area contributed by atoms with E-state index in [9.17, 15) is 18.3 Å². The summed E-state index contributed by atoms with van der Waals surface area (Å²) < 4.78 is 28.5. The fraction of sp³-hybridized carbons (Fsp3) is 0.933. The van der Waals surface area contributed by atoms with Gasteiger partial charge in [0.2, 0.25) is 0 Å². The number of carbonyl (C=O) groups excluding carboxylic acids is 1. The molecule has 2 heterocycles. The van der Waals surface area contributed by atoms with Gasteiger partial charge in [0.25, 0.3) is 0 Å². The number of sulfone groups is 1. The topological polar surface area (TPSA) is 87.2 Å². The fourth-order valence-electron chi connectivity index (χ4n) is 3.41. The molecule has 2 aliphatic heterocycles. The van der Waals surface area contributed by atoms with Crippen molar-refractivity contribution in [2.45, 2.75) is 44.2 Å². The summed E-state index contributed by atoms with van der Waals surface area (Å²) in [6.45, 7) is 5.37. The van der Waals surface area contributed by atoms with E-state index in [1.807, 2.05) is 18.9 Å². The molecule has 0 radical (unpaired) electrons. The van der Waals surface area contributed by atoms with Gasteiger partial charge in [0.05, 0.1) is 23.7 Å². The van der Waals surface area contributed by atoms with Gasteiger partial charge in [-0.1, -0.05) is 0 Å². The Balaban J connectivity index is 1.92. The van der Waals surface area contributed by atoms with Crippen LogP contribution in [0.5, 0.6) is 0 Å². The first-order valence-electron chi connectivity index (χ1n) is 8.15. The first-order chi connectivity index (χ1) is 10.6. The molecule has 1 unspecified atom stereocenters. The largest absolute Gasteiger partial charge is 0.450 e. The van der Waals surface area contributed by atoms with Crippen molar-refractivity contribution < 1.29 is 23.1 Å². The summed E-state index contributed by atoms with van der Waals surface area (Å²) in [4.78, 5) is 15.3. The molecule has 0 aromatic heterocycles. The van der Waals surface area contributed by atoms with Gasteiger partial charge >= 0.3 is 6.09 Å². The van der Waals surface area contributed by atoms with Crippen LogP contribution in [0.25, 0.3) is 0 Å². The summed E-state index contributed by atoms with van der Waals surface area (Å²) in [5.41, 5.74) is -1.32. The van der Waals surface area contributed by atoms with E-state index in [0.29, 0.717) is 45.5 Å². The molecule has 2 aliphatic rings. The lowest BCUT2D eigenvalue weighted by Gasteiger charge is -2.43. The molecule has 0 aliphatic carbocycles. The van der Waals surface area contributed by atoms with Crippen molar-refractivity contribution in [1.29, 1.82) is 0 Å². The minimum absolute atomic E-state index is 0.140. The Bertz CT molecular complexity index is 542. The number of likely N-dealkylation sites (tertiary alicyclic amines) is 1. The van der Waals surface area contributed by atoms with Crippen molar-refractivity contribution in [2.75, 3.05) is 44.8 Å². The summed E-state index contributed by atoms with van der Waals surface area (Å²) in [6.07, 6.45) is 1.20. The van der Waals surface area contributed by atoms with E-state index >= 15 is 0 Å². The molecule has 2 saturated heterocycles. The minimum Gasteiger partial charge on any atom is -0.450 e. The maximum Gasteiger partial charge on any atom is 0.409 e. The van der Waals surface area contributed by atoms with Gasteiger partial charge in [-0.2, -0.15) is 0 Å². The summed E-state index contributed by atoms with van der Waals surface area (Å²) in [7, 11) is -1.11. The Hall–Kier alpha value is -0.860. The first-order valence-corrected chi connectivity index (χ1v) is 9.97. The number of likely N-dealkylation sites (N-methyl/N-ethyl adjacent to an activating group) is 1. The van der Waals surface area contributed by atoms with Crippen LogP contribution in [0.2, 0.25) is 0 Å². The number of hydrogen-bond acceptors (Lipinski definition) is 6. The van der Waals surface area contributed by atoms with Crippen molar-refractivity contribution in [3.8, 4) is 0 Å². The van der Waals surface area contributed by atoms with E-state index in [1.54, 1.807) is 11.8 Å². The fourth-order valence-corrected chi connectivity index (χ4v) is 5.61. The van der Waals surface area contributed by atoms with Crippen LogP contribution in [0.15, 0.2) is 0 Å². The predicted molar refractivity (Wildman–Crippen MR) is 87.1 cm³/mol. The number of nitrogens with zero attached hydrogens (tertiary/aromatic N) is 2. The lowest BCUT2D eigenvalue weighted by Crippen LogP contribution is -2.56. The molecule has 134 valence electrons. The normalized spacial score (nSPS) is 29.7. The maximum atomic E-state index is 11.8. The highest BCUT2D eigenvalue weighted by Gasteiger charge is 2.44. The summed E-state index contributed by atoms with van der Waals surface area (Å²) in [6, 6.07) is 0. The monoisotopic (exact) mass is 348 g/mol.